The maximum absolute atomic E-state index is 12.6. The highest BCUT2D eigenvalue weighted by Gasteiger charge is 2.31. The zero-order chi connectivity index (χ0) is 18.5. The Morgan fingerprint density at radius 2 is 2.27 bits per heavy atom. The van der Waals surface area contributed by atoms with Gasteiger partial charge in [0.05, 0.1) is 12.6 Å². The number of unbranched alkanes of at least 4 members (excludes halogenated alkanes) is 1. The van der Waals surface area contributed by atoms with E-state index in [9.17, 15) is 9.59 Å². The molecule has 0 spiro atoms. The maximum atomic E-state index is 12.6. The van der Waals surface area contributed by atoms with Gasteiger partial charge in [0, 0.05) is 28.8 Å². The minimum Gasteiger partial charge on any atom is -0.449 e. The molecule has 26 heavy (non-hydrogen) atoms. The van der Waals surface area contributed by atoms with Crippen molar-refractivity contribution in [1.29, 1.82) is 0 Å². The van der Waals surface area contributed by atoms with Gasteiger partial charge in [-0.3, -0.25) is 9.69 Å². The largest absolute Gasteiger partial charge is 0.449 e. The van der Waals surface area contributed by atoms with Crippen LogP contribution in [-0.4, -0.2) is 35.5 Å². The minimum atomic E-state index is -0.235. The summed E-state index contributed by atoms with van der Waals surface area (Å²) in [6.07, 6.45) is 5.27. The van der Waals surface area contributed by atoms with Gasteiger partial charge in [-0.05, 0) is 56.4 Å². The van der Waals surface area contributed by atoms with E-state index in [2.05, 4.69) is 17.2 Å². The van der Waals surface area contributed by atoms with Gasteiger partial charge in [-0.15, -0.1) is 0 Å². The Balaban J connectivity index is 1.90. The monoisotopic (exact) mass is 357 g/mol. The summed E-state index contributed by atoms with van der Waals surface area (Å²) < 4.78 is 5.45. The molecule has 3 rings (SSSR count). The molecular weight excluding hydrogens is 330 g/mol. The van der Waals surface area contributed by atoms with Crippen LogP contribution in [0.15, 0.2) is 18.2 Å². The van der Waals surface area contributed by atoms with Crippen molar-refractivity contribution >= 4 is 29.1 Å². The Bertz CT molecular complexity index is 784. The lowest BCUT2D eigenvalue weighted by molar-refractivity contribution is -0.105. The number of hydrogen-bond acceptors (Lipinski definition) is 3. The number of carbonyl (C=O) groups is 2. The number of ether oxygens (including phenoxy) is 1. The van der Waals surface area contributed by atoms with Crippen molar-refractivity contribution < 1.29 is 14.3 Å². The van der Waals surface area contributed by atoms with E-state index in [1.54, 1.807) is 0 Å². The summed E-state index contributed by atoms with van der Waals surface area (Å²) in [5.41, 5.74) is 4.16. The first-order chi connectivity index (χ1) is 12.7. The number of aromatic amines is 1. The predicted molar refractivity (Wildman–Crippen MR) is 102 cm³/mol. The Morgan fingerprint density at radius 3 is 3.00 bits per heavy atom. The minimum absolute atomic E-state index is 0.00718. The standard InChI is InChI=1S/C20H27N3O3/c1-3-5-11-26-20(25)23(4-2)18-8-6-7-15-16-12-14(21-13-24)9-10-17(16)22-19(15)18/h9-10,12-13,18,22H,3-8,11H2,1-2H3,(H,21,24). The molecule has 2 N–H and O–H groups in total. The molecule has 6 heteroatoms. The summed E-state index contributed by atoms with van der Waals surface area (Å²) in [7, 11) is 0. The van der Waals surface area contributed by atoms with Gasteiger partial charge in [0.2, 0.25) is 6.41 Å². The van der Waals surface area contributed by atoms with Crippen LogP contribution in [0.1, 0.15) is 56.8 Å². The number of hydrogen-bond donors (Lipinski definition) is 2. The number of H-pyrrole nitrogens is 1. The molecule has 1 aromatic heterocycles. The molecule has 1 aromatic carbocycles. The average Bonchev–Trinajstić information content (AvgIpc) is 3.02. The van der Waals surface area contributed by atoms with E-state index < -0.39 is 0 Å². The first-order valence-corrected chi connectivity index (χ1v) is 9.47. The van der Waals surface area contributed by atoms with Crippen LogP contribution in [0.25, 0.3) is 10.9 Å². The molecule has 2 amide bonds. The Kier molecular flexibility index (Phi) is 5.81. The van der Waals surface area contributed by atoms with Crippen LogP contribution in [-0.2, 0) is 16.0 Å². The molecular formula is C20H27N3O3. The third-order valence-corrected chi connectivity index (χ3v) is 5.08. The number of carbonyl (C=O) groups excluding carboxylic acids is 2. The number of rotatable bonds is 7. The lowest BCUT2D eigenvalue weighted by Crippen LogP contribution is -2.37. The number of fused-ring (bicyclic) bond motifs is 3. The molecule has 0 bridgehead atoms. The fourth-order valence-corrected chi connectivity index (χ4v) is 3.77. The van der Waals surface area contributed by atoms with Crippen molar-refractivity contribution in [2.45, 2.75) is 52.0 Å². The fourth-order valence-electron chi connectivity index (χ4n) is 3.77. The number of anilines is 1. The van der Waals surface area contributed by atoms with Crippen LogP contribution >= 0.6 is 0 Å². The van der Waals surface area contributed by atoms with Crippen LogP contribution < -0.4 is 5.32 Å². The zero-order valence-corrected chi connectivity index (χ0v) is 15.5. The molecule has 1 atom stereocenters. The molecule has 1 aliphatic carbocycles. The topological polar surface area (TPSA) is 74.4 Å². The second-order valence-corrected chi connectivity index (χ2v) is 6.70. The Labute approximate surface area is 153 Å². The molecule has 0 saturated heterocycles. The van der Waals surface area contributed by atoms with E-state index in [4.69, 9.17) is 4.74 Å². The molecule has 140 valence electrons. The van der Waals surface area contributed by atoms with Crippen molar-refractivity contribution in [2.75, 3.05) is 18.5 Å². The van der Waals surface area contributed by atoms with Crippen molar-refractivity contribution in [3.05, 3.63) is 29.5 Å². The smallest absolute Gasteiger partial charge is 0.410 e. The van der Waals surface area contributed by atoms with Gasteiger partial charge in [0.1, 0.15) is 0 Å². The highest BCUT2D eigenvalue weighted by molar-refractivity contribution is 5.90. The molecule has 0 fully saturated rings. The molecule has 0 saturated carbocycles. The summed E-state index contributed by atoms with van der Waals surface area (Å²) in [5, 5.41) is 3.83. The summed E-state index contributed by atoms with van der Waals surface area (Å²) in [4.78, 5) is 28.6. The molecule has 1 aliphatic rings. The first-order valence-electron chi connectivity index (χ1n) is 9.47. The van der Waals surface area contributed by atoms with Gasteiger partial charge in [0.15, 0.2) is 0 Å². The lowest BCUT2D eigenvalue weighted by Gasteiger charge is -2.33. The summed E-state index contributed by atoms with van der Waals surface area (Å²) >= 11 is 0. The zero-order valence-electron chi connectivity index (χ0n) is 15.5. The number of nitrogens with one attached hydrogen (secondary N) is 2. The SMILES string of the molecule is CCCCOC(=O)N(CC)C1CCCc2c1[nH]c1ccc(NC=O)cc21. The van der Waals surface area contributed by atoms with Crippen molar-refractivity contribution in [3.63, 3.8) is 0 Å². The molecule has 1 heterocycles. The summed E-state index contributed by atoms with van der Waals surface area (Å²) in [5.74, 6) is 0. The van der Waals surface area contributed by atoms with Crippen molar-refractivity contribution in [3.8, 4) is 0 Å². The molecule has 0 radical (unpaired) electrons. The van der Waals surface area contributed by atoms with Crippen LogP contribution in [0.2, 0.25) is 0 Å². The molecule has 0 aliphatic heterocycles. The Morgan fingerprint density at radius 1 is 1.42 bits per heavy atom. The van der Waals surface area contributed by atoms with E-state index in [0.717, 1.165) is 54.4 Å². The van der Waals surface area contributed by atoms with Gasteiger partial charge >= 0.3 is 6.09 Å². The number of aryl methyl sites for hydroxylation is 1. The van der Waals surface area contributed by atoms with Crippen molar-refractivity contribution in [2.24, 2.45) is 0 Å². The van der Waals surface area contributed by atoms with Crippen LogP contribution in [0.3, 0.4) is 0 Å². The Hall–Kier alpha value is -2.50. The first kappa shape index (κ1) is 18.3. The second-order valence-electron chi connectivity index (χ2n) is 6.70. The molecule has 1 unspecified atom stereocenters. The highest BCUT2D eigenvalue weighted by atomic mass is 16.6. The number of benzene rings is 1. The maximum Gasteiger partial charge on any atom is 0.410 e. The van der Waals surface area contributed by atoms with Crippen LogP contribution in [0.5, 0.6) is 0 Å². The van der Waals surface area contributed by atoms with E-state index >= 15 is 0 Å². The fraction of sp³-hybridized carbons (Fsp3) is 0.500. The summed E-state index contributed by atoms with van der Waals surface area (Å²) in [6.45, 7) is 5.16. The quantitative estimate of drug-likeness (QED) is 0.571. The number of nitrogens with zero attached hydrogens (tertiary/aromatic N) is 1. The van der Waals surface area contributed by atoms with Crippen molar-refractivity contribution in [1.82, 2.24) is 9.88 Å². The average molecular weight is 357 g/mol. The summed E-state index contributed by atoms with van der Waals surface area (Å²) in [6, 6.07) is 5.86. The molecule has 6 nitrogen and oxygen atoms in total. The van der Waals surface area contributed by atoms with Crippen LogP contribution in [0.4, 0.5) is 10.5 Å². The number of amides is 2. The van der Waals surface area contributed by atoms with Gasteiger partial charge in [0.25, 0.3) is 0 Å². The highest BCUT2D eigenvalue weighted by Crippen LogP contribution is 2.38. The number of aromatic nitrogens is 1. The second kappa shape index (κ2) is 8.25. The van der Waals surface area contributed by atoms with E-state index in [1.165, 1.54) is 5.56 Å². The lowest BCUT2D eigenvalue weighted by atomic mass is 9.90. The molecule has 2 aromatic rings. The predicted octanol–water partition coefficient (Wildman–Crippen LogP) is 4.37. The van der Waals surface area contributed by atoms with Gasteiger partial charge in [-0.25, -0.2) is 4.79 Å². The van der Waals surface area contributed by atoms with Gasteiger partial charge in [-0.1, -0.05) is 13.3 Å². The van der Waals surface area contributed by atoms with E-state index in [-0.39, 0.29) is 12.1 Å². The third-order valence-electron chi connectivity index (χ3n) is 5.08. The van der Waals surface area contributed by atoms with E-state index in [1.807, 2.05) is 30.0 Å². The van der Waals surface area contributed by atoms with Gasteiger partial charge in [-0.2, -0.15) is 0 Å². The normalized spacial score (nSPS) is 16.2. The van der Waals surface area contributed by atoms with Crippen LogP contribution in [0, 0.1) is 0 Å². The van der Waals surface area contributed by atoms with E-state index in [0.29, 0.717) is 19.6 Å². The van der Waals surface area contributed by atoms with Gasteiger partial charge < -0.3 is 15.0 Å². The third kappa shape index (κ3) is 3.54.